The molecule has 0 bridgehead atoms. The molecular weight excluding hydrogens is 278 g/mol. The molecule has 4 nitrogen and oxygen atoms in total. The number of para-hydroxylation sites is 2. The highest BCUT2D eigenvalue weighted by Crippen LogP contribution is 2.26. The summed E-state index contributed by atoms with van der Waals surface area (Å²) in [7, 11) is 0. The predicted octanol–water partition coefficient (Wildman–Crippen LogP) is 3.24. The summed E-state index contributed by atoms with van der Waals surface area (Å²) in [5, 5.41) is 2.60. The molecule has 0 spiro atoms. The molecule has 0 aromatic heterocycles. The lowest BCUT2D eigenvalue weighted by Gasteiger charge is -2.17. The zero-order valence-corrected chi connectivity index (χ0v) is 12.3. The number of carbonyl (C=O) groups excluding carboxylic acids is 1. The van der Waals surface area contributed by atoms with E-state index < -0.39 is 6.61 Å². The molecule has 0 aliphatic heterocycles. The second-order valence-corrected chi connectivity index (χ2v) is 5.36. The van der Waals surface area contributed by atoms with E-state index in [1.165, 1.54) is 12.1 Å². The third-order valence-corrected chi connectivity index (χ3v) is 2.99. The summed E-state index contributed by atoms with van der Waals surface area (Å²) in [5.41, 5.74) is 5.89. The molecule has 3 N–H and O–H groups in total. The Morgan fingerprint density at radius 2 is 2.00 bits per heavy atom. The van der Waals surface area contributed by atoms with Gasteiger partial charge in [-0.15, -0.1) is 0 Å². The number of ether oxygens (including phenoxy) is 1. The van der Waals surface area contributed by atoms with Crippen LogP contribution in [0, 0.1) is 11.8 Å². The summed E-state index contributed by atoms with van der Waals surface area (Å²) in [6.45, 7) is 1.61. The van der Waals surface area contributed by atoms with Crippen molar-refractivity contribution in [1.29, 1.82) is 0 Å². The highest BCUT2D eigenvalue weighted by Gasteiger charge is 2.16. The average Bonchev–Trinajstić information content (AvgIpc) is 2.39. The van der Waals surface area contributed by atoms with E-state index in [1.807, 2.05) is 0 Å². The Morgan fingerprint density at radius 3 is 2.57 bits per heavy atom. The first kappa shape index (κ1) is 17.4. The number of nitrogens with one attached hydrogen (secondary N) is 1. The van der Waals surface area contributed by atoms with Crippen LogP contribution < -0.4 is 15.8 Å². The third kappa shape index (κ3) is 6.53. The van der Waals surface area contributed by atoms with E-state index in [-0.39, 0.29) is 29.7 Å². The van der Waals surface area contributed by atoms with E-state index in [0.717, 1.165) is 6.42 Å². The molecule has 0 saturated carbocycles. The molecule has 6 heteroatoms. The molecular formula is C15H22F2N2O2. The van der Waals surface area contributed by atoms with Crippen LogP contribution in [0.2, 0.25) is 0 Å². The minimum Gasteiger partial charge on any atom is -0.433 e. The number of nitrogens with two attached hydrogens (primary N) is 1. The maximum atomic E-state index is 12.3. The molecule has 0 aliphatic rings. The minimum atomic E-state index is -2.93. The number of hydrogen-bond acceptors (Lipinski definition) is 3. The molecule has 1 unspecified atom stereocenters. The van der Waals surface area contributed by atoms with Gasteiger partial charge in [-0.25, -0.2) is 0 Å². The molecule has 0 fully saturated rings. The smallest absolute Gasteiger partial charge is 0.387 e. The Bertz CT molecular complexity index is 453. The molecule has 1 aromatic carbocycles. The van der Waals surface area contributed by atoms with Crippen molar-refractivity contribution in [2.24, 2.45) is 17.6 Å². The zero-order valence-electron chi connectivity index (χ0n) is 12.3. The average molecular weight is 300 g/mol. The van der Waals surface area contributed by atoms with Crippen LogP contribution in [0.4, 0.5) is 14.5 Å². The second-order valence-electron chi connectivity index (χ2n) is 5.36. The second kappa shape index (κ2) is 8.56. The van der Waals surface area contributed by atoms with Crippen molar-refractivity contribution in [3.05, 3.63) is 24.3 Å². The lowest BCUT2D eigenvalue weighted by Crippen LogP contribution is -2.23. The first-order valence-electron chi connectivity index (χ1n) is 6.96. The van der Waals surface area contributed by atoms with Crippen LogP contribution in [-0.4, -0.2) is 19.1 Å². The van der Waals surface area contributed by atoms with Crippen molar-refractivity contribution in [1.82, 2.24) is 0 Å². The highest BCUT2D eigenvalue weighted by atomic mass is 19.3. The van der Waals surface area contributed by atoms with Gasteiger partial charge in [-0.1, -0.05) is 26.0 Å². The number of benzene rings is 1. The van der Waals surface area contributed by atoms with Gasteiger partial charge in [0.15, 0.2) is 0 Å². The number of rotatable bonds is 8. The molecule has 1 atom stereocenters. The van der Waals surface area contributed by atoms with E-state index in [4.69, 9.17) is 5.73 Å². The first-order chi connectivity index (χ1) is 9.92. The number of hydrogen-bond donors (Lipinski definition) is 2. The van der Waals surface area contributed by atoms with Gasteiger partial charge in [0.05, 0.1) is 5.69 Å². The van der Waals surface area contributed by atoms with E-state index in [2.05, 4.69) is 23.9 Å². The molecule has 0 radical (unpaired) electrons. The predicted molar refractivity (Wildman–Crippen MR) is 78.3 cm³/mol. The van der Waals surface area contributed by atoms with Gasteiger partial charge in [0.1, 0.15) is 5.75 Å². The number of anilines is 1. The summed E-state index contributed by atoms with van der Waals surface area (Å²) in [6, 6.07) is 6.11. The molecule has 0 heterocycles. The van der Waals surface area contributed by atoms with Crippen molar-refractivity contribution < 1.29 is 18.3 Å². The Morgan fingerprint density at radius 1 is 1.33 bits per heavy atom. The van der Waals surface area contributed by atoms with Crippen LogP contribution in [-0.2, 0) is 4.79 Å². The number of carbonyl (C=O) groups is 1. The lowest BCUT2D eigenvalue weighted by molar-refractivity contribution is -0.117. The molecule has 0 aliphatic carbocycles. The lowest BCUT2D eigenvalue weighted by atomic mass is 9.94. The fraction of sp³-hybridized carbons (Fsp3) is 0.533. The first-order valence-corrected chi connectivity index (χ1v) is 6.96. The summed E-state index contributed by atoms with van der Waals surface area (Å²) in [6.07, 6.45) is 1.11. The third-order valence-electron chi connectivity index (χ3n) is 2.99. The molecule has 21 heavy (non-hydrogen) atoms. The van der Waals surface area contributed by atoms with Crippen LogP contribution in [0.3, 0.4) is 0 Å². The molecule has 1 amide bonds. The van der Waals surface area contributed by atoms with Crippen molar-refractivity contribution >= 4 is 11.6 Å². The number of halogens is 2. The van der Waals surface area contributed by atoms with Crippen LogP contribution in [0.15, 0.2) is 24.3 Å². The molecule has 1 rings (SSSR count). The van der Waals surface area contributed by atoms with Crippen LogP contribution in [0.1, 0.15) is 26.7 Å². The van der Waals surface area contributed by atoms with Gasteiger partial charge < -0.3 is 15.8 Å². The Labute approximate surface area is 123 Å². The molecule has 0 saturated heterocycles. The topological polar surface area (TPSA) is 64.4 Å². The van der Waals surface area contributed by atoms with Crippen LogP contribution in [0.5, 0.6) is 5.75 Å². The van der Waals surface area contributed by atoms with Gasteiger partial charge in [-0.05, 0) is 36.9 Å². The van der Waals surface area contributed by atoms with E-state index >= 15 is 0 Å². The maximum Gasteiger partial charge on any atom is 0.387 e. The van der Waals surface area contributed by atoms with Gasteiger partial charge in [0.2, 0.25) is 5.91 Å². The summed E-state index contributed by atoms with van der Waals surface area (Å²) >= 11 is 0. The van der Waals surface area contributed by atoms with E-state index in [9.17, 15) is 13.6 Å². The summed E-state index contributed by atoms with van der Waals surface area (Å²) in [5.74, 6) is 0.222. The van der Waals surface area contributed by atoms with Crippen molar-refractivity contribution in [2.75, 3.05) is 11.9 Å². The normalized spacial score (nSPS) is 12.5. The summed E-state index contributed by atoms with van der Waals surface area (Å²) in [4.78, 5) is 12.0. The standard InChI is InChI=1S/C15H22F2N2O2/c1-10(2)7-11(9-18)8-14(20)19-12-5-3-4-6-13(12)21-15(16)17/h3-6,10-11,15H,7-9,18H2,1-2H3,(H,19,20). The maximum absolute atomic E-state index is 12.3. The van der Waals surface area contributed by atoms with Crippen molar-refractivity contribution in [3.63, 3.8) is 0 Å². The fourth-order valence-electron chi connectivity index (χ4n) is 2.16. The van der Waals surface area contributed by atoms with E-state index in [1.54, 1.807) is 12.1 Å². The van der Waals surface area contributed by atoms with Crippen molar-refractivity contribution in [3.8, 4) is 5.75 Å². The SMILES string of the molecule is CC(C)CC(CN)CC(=O)Nc1ccccc1OC(F)F. The zero-order chi connectivity index (χ0) is 15.8. The van der Waals surface area contributed by atoms with Gasteiger partial charge in [0.25, 0.3) is 0 Å². The Balaban J connectivity index is 2.65. The monoisotopic (exact) mass is 300 g/mol. The van der Waals surface area contributed by atoms with Crippen LogP contribution >= 0.6 is 0 Å². The minimum absolute atomic E-state index is 0.0472. The number of amides is 1. The molecule has 118 valence electrons. The Kier molecular flexibility index (Phi) is 7.08. The fourth-order valence-corrected chi connectivity index (χ4v) is 2.16. The van der Waals surface area contributed by atoms with E-state index in [0.29, 0.717) is 12.5 Å². The highest BCUT2D eigenvalue weighted by molar-refractivity contribution is 5.92. The van der Waals surface area contributed by atoms with Gasteiger partial charge >= 0.3 is 6.61 Å². The quantitative estimate of drug-likeness (QED) is 0.774. The number of alkyl halides is 2. The largest absolute Gasteiger partial charge is 0.433 e. The van der Waals surface area contributed by atoms with Gasteiger partial charge in [-0.3, -0.25) is 4.79 Å². The van der Waals surface area contributed by atoms with Crippen molar-refractivity contribution in [2.45, 2.75) is 33.3 Å². The Hall–Kier alpha value is -1.69. The summed E-state index contributed by atoms with van der Waals surface area (Å²) < 4.78 is 29.0. The van der Waals surface area contributed by atoms with Gasteiger partial charge in [-0.2, -0.15) is 8.78 Å². The van der Waals surface area contributed by atoms with Gasteiger partial charge in [0, 0.05) is 6.42 Å². The van der Waals surface area contributed by atoms with Crippen LogP contribution in [0.25, 0.3) is 0 Å². The molecule has 1 aromatic rings.